The van der Waals surface area contributed by atoms with Crippen molar-refractivity contribution in [1.82, 2.24) is 4.98 Å². The van der Waals surface area contributed by atoms with Gasteiger partial charge >= 0.3 is 0 Å². The topological polar surface area (TPSA) is 33.2 Å². The summed E-state index contributed by atoms with van der Waals surface area (Å²) in [5.74, 6) is -0.0877. The van der Waals surface area contributed by atoms with Crippen molar-refractivity contribution in [3.63, 3.8) is 0 Å². The average Bonchev–Trinajstić information content (AvgIpc) is 3.15. The van der Waals surface area contributed by atoms with Gasteiger partial charge in [-0.25, -0.2) is 4.98 Å². The van der Waals surface area contributed by atoms with Crippen molar-refractivity contribution < 1.29 is 4.79 Å². The summed E-state index contributed by atoms with van der Waals surface area (Å²) in [5, 5.41) is 1.31. The molecule has 0 aliphatic rings. The molecule has 0 saturated heterocycles. The van der Waals surface area contributed by atoms with E-state index in [0.717, 1.165) is 22.2 Å². The molecule has 3 nitrogen and oxygen atoms in total. The summed E-state index contributed by atoms with van der Waals surface area (Å²) >= 11 is 7.54. The van der Waals surface area contributed by atoms with Gasteiger partial charge in [0, 0.05) is 10.6 Å². The number of amides is 1. The number of aryl methyl sites for hydroxylation is 1. The number of fused-ring (bicyclic) bond motifs is 1. The van der Waals surface area contributed by atoms with Gasteiger partial charge in [0.15, 0.2) is 5.13 Å². The first kappa shape index (κ1) is 18.7. The Morgan fingerprint density at radius 2 is 1.75 bits per heavy atom. The minimum atomic E-state index is -0.0877. The lowest BCUT2D eigenvalue weighted by atomic mass is 10.1. The molecular weight excluding hydrogens is 388 g/mol. The fourth-order valence-electron chi connectivity index (χ4n) is 3.03. The molecule has 4 aromatic rings. The van der Waals surface area contributed by atoms with Crippen LogP contribution in [0.3, 0.4) is 0 Å². The largest absolute Gasteiger partial charge is 0.279 e. The van der Waals surface area contributed by atoms with Crippen molar-refractivity contribution in [2.45, 2.75) is 19.9 Å². The van der Waals surface area contributed by atoms with Crippen LogP contribution < -0.4 is 4.90 Å². The minimum absolute atomic E-state index is 0.0877. The van der Waals surface area contributed by atoms with E-state index < -0.39 is 0 Å². The molecule has 0 unspecified atom stereocenters. The highest BCUT2D eigenvalue weighted by molar-refractivity contribution is 7.22. The van der Waals surface area contributed by atoms with Gasteiger partial charge < -0.3 is 0 Å². The number of hydrogen-bond acceptors (Lipinski definition) is 3. The highest BCUT2D eigenvalue weighted by Gasteiger charge is 2.22. The van der Waals surface area contributed by atoms with Crippen LogP contribution in [0.2, 0.25) is 5.02 Å². The summed E-state index contributed by atoms with van der Waals surface area (Å²) in [5.41, 5.74) is 3.83. The molecule has 1 heterocycles. The summed E-state index contributed by atoms with van der Waals surface area (Å²) in [6, 6.07) is 23.2. The van der Waals surface area contributed by atoms with E-state index in [4.69, 9.17) is 16.6 Å². The molecule has 5 heteroatoms. The maximum atomic E-state index is 13.3. The molecule has 0 radical (unpaired) electrons. The van der Waals surface area contributed by atoms with Crippen LogP contribution in [0.1, 0.15) is 28.4 Å². The van der Waals surface area contributed by atoms with Crippen LogP contribution in [0, 0.1) is 0 Å². The maximum absolute atomic E-state index is 13.3. The second-order valence-corrected chi connectivity index (χ2v) is 7.98. The Morgan fingerprint density at radius 1 is 1.00 bits per heavy atom. The average molecular weight is 407 g/mol. The zero-order valence-electron chi connectivity index (χ0n) is 15.4. The SMILES string of the molecule is CCc1ccc2nc(N(Cc3ccccc3)C(=O)c3ccc(Cl)cc3)sc2c1. The van der Waals surface area contributed by atoms with E-state index in [-0.39, 0.29) is 5.91 Å². The van der Waals surface area contributed by atoms with Gasteiger partial charge in [-0.1, -0.05) is 66.3 Å². The fraction of sp³-hybridized carbons (Fsp3) is 0.130. The number of anilines is 1. The van der Waals surface area contributed by atoms with Gasteiger partial charge in [-0.3, -0.25) is 9.69 Å². The van der Waals surface area contributed by atoms with E-state index in [2.05, 4.69) is 19.1 Å². The number of carbonyl (C=O) groups excluding carboxylic acids is 1. The minimum Gasteiger partial charge on any atom is -0.279 e. The van der Waals surface area contributed by atoms with E-state index >= 15 is 0 Å². The van der Waals surface area contributed by atoms with Gasteiger partial charge in [-0.05, 0) is 53.9 Å². The molecule has 1 amide bonds. The Labute approximate surface area is 173 Å². The van der Waals surface area contributed by atoms with E-state index in [1.54, 1.807) is 40.5 Å². The van der Waals surface area contributed by atoms with Gasteiger partial charge in [0.05, 0.1) is 16.8 Å². The molecule has 1 aromatic heterocycles. The predicted molar refractivity (Wildman–Crippen MR) is 117 cm³/mol. The molecule has 28 heavy (non-hydrogen) atoms. The zero-order valence-corrected chi connectivity index (χ0v) is 17.0. The number of aromatic nitrogens is 1. The van der Waals surface area contributed by atoms with Crippen molar-refractivity contribution in [3.05, 3.63) is 94.5 Å². The van der Waals surface area contributed by atoms with E-state index in [1.807, 2.05) is 36.4 Å². The summed E-state index contributed by atoms with van der Waals surface area (Å²) in [4.78, 5) is 19.8. The number of hydrogen-bond donors (Lipinski definition) is 0. The van der Waals surface area contributed by atoms with E-state index in [9.17, 15) is 4.79 Å². The third-order valence-corrected chi connectivity index (χ3v) is 5.89. The van der Waals surface area contributed by atoms with Crippen LogP contribution in [0.4, 0.5) is 5.13 Å². The highest BCUT2D eigenvalue weighted by atomic mass is 35.5. The Kier molecular flexibility index (Phi) is 5.42. The van der Waals surface area contributed by atoms with Crippen LogP contribution in [-0.2, 0) is 13.0 Å². The van der Waals surface area contributed by atoms with Crippen molar-refractivity contribution in [1.29, 1.82) is 0 Å². The molecule has 140 valence electrons. The number of benzene rings is 3. The molecule has 0 bridgehead atoms. The third kappa shape index (κ3) is 3.93. The summed E-state index contributed by atoms with van der Waals surface area (Å²) in [6.45, 7) is 2.59. The number of rotatable bonds is 5. The lowest BCUT2D eigenvalue weighted by molar-refractivity contribution is 0.0985. The molecule has 0 N–H and O–H groups in total. The Morgan fingerprint density at radius 3 is 2.46 bits per heavy atom. The summed E-state index contributed by atoms with van der Waals surface area (Å²) in [6.07, 6.45) is 0.973. The van der Waals surface area contributed by atoms with Gasteiger partial charge in [0.2, 0.25) is 0 Å². The quantitative estimate of drug-likeness (QED) is 0.386. The molecule has 0 aliphatic heterocycles. The summed E-state index contributed by atoms with van der Waals surface area (Å²) < 4.78 is 1.09. The number of thiazole rings is 1. The molecule has 0 atom stereocenters. The predicted octanol–water partition coefficient (Wildman–Crippen LogP) is 6.36. The lowest BCUT2D eigenvalue weighted by Gasteiger charge is -2.20. The van der Waals surface area contributed by atoms with E-state index in [0.29, 0.717) is 22.3 Å². The van der Waals surface area contributed by atoms with Crippen molar-refractivity contribution >= 4 is 44.2 Å². The molecule has 0 fully saturated rings. The van der Waals surface area contributed by atoms with Crippen molar-refractivity contribution in [2.24, 2.45) is 0 Å². The highest BCUT2D eigenvalue weighted by Crippen LogP contribution is 2.31. The lowest BCUT2D eigenvalue weighted by Crippen LogP contribution is -2.30. The number of nitrogens with zero attached hydrogens (tertiary/aromatic N) is 2. The zero-order chi connectivity index (χ0) is 19.5. The van der Waals surface area contributed by atoms with Crippen LogP contribution in [0.5, 0.6) is 0 Å². The molecule has 0 aliphatic carbocycles. The first-order valence-electron chi connectivity index (χ1n) is 9.15. The Hall–Kier alpha value is -2.69. The Balaban J connectivity index is 1.75. The van der Waals surface area contributed by atoms with Crippen molar-refractivity contribution in [3.8, 4) is 0 Å². The van der Waals surface area contributed by atoms with Crippen LogP contribution in [0.15, 0.2) is 72.8 Å². The standard InChI is InChI=1S/C23H19ClN2OS/c1-2-16-8-13-20-21(14-16)28-23(25-20)26(15-17-6-4-3-5-7-17)22(27)18-9-11-19(24)12-10-18/h3-14H,2,15H2,1H3. The summed E-state index contributed by atoms with van der Waals surface area (Å²) in [7, 11) is 0. The number of carbonyl (C=O) groups is 1. The second-order valence-electron chi connectivity index (χ2n) is 6.54. The molecule has 4 rings (SSSR count). The second kappa shape index (κ2) is 8.13. The normalized spacial score (nSPS) is 10.9. The third-order valence-electron chi connectivity index (χ3n) is 4.60. The van der Waals surface area contributed by atoms with Gasteiger partial charge in [0.1, 0.15) is 0 Å². The van der Waals surface area contributed by atoms with Crippen LogP contribution in [-0.4, -0.2) is 10.9 Å². The van der Waals surface area contributed by atoms with Gasteiger partial charge in [-0.2, -0.15) is 0 Å². The molecule has 3 aromatic carbocycles. The Bertz CT molecular complexity index is 1110. The fourth-order valence-corrected chi connectivity index (χ4v) is 4.19. The maximum Gasteiger partial charge on any atom is 0.260 e. The molecule has 0 saturated carbocycles. The van der Waals surface area contributed by atoms with Gasteiger partial charge in [-0.15, -0.1) is 0 Å². The first-order valence-corrected chi connectivity index (χ1v) is 10.3. The van der Waals surface area contributed by atoms with E-state index in [1.165, 1.54) is 5.56 Å². The van der Waals surface area contributed by atoms with Crippen LogP contribution >= 0.6 is 22.9 Å². The monoisotopic (exact) mass is 406 g/mol. The smallest absolute Gasteiger partial charge is 0.260 e. The van der Waals surface area contributed by atoms with Crippen LogP contribution in [0.25, 0.3) is 10.2 Å². The van der Waals surface area contributed by atoms with Crippen molar-refractivity contribution in [2.75, 3.05) is 4.90 Å². The molecular formula is C23H19ClN2OS. The first-order chi connectivity index (χ1) is 13.6. The molecule has 0 spiro atoms. The number of halogens is 1. The van der Waals surface area contributed by atoms with Gasteiger partial charge in [0.25, 0.3) is 5.91 Å².